The summed E-state index contributed by atoms with van der Waals surface area (Å²) in [7, 11) is 2.13. The number of benzene rings is 2. The number of nitrogens with zero attached hydrogens (tertiary/aromatic N) is 4. The van der Waals surface area contributed by atoms with Gasteiger partial charge in [0.25, 0.3) is 5.91 Å². The van der Waals surface area contributed by atoms with E-state index in [0.717, 1.165) is 69.2 Å². The fraction of sp³-hybridized carbons (Fsp3) is 0.588. The number of alkyl halides is 3. The van der Waals surface area contributed by atoms with Gasteiger partial charge in [0.1, 0.15) is 12.8 Å². The van der Waals surface area contributed by atoms with Gasteiger partial charge >= 0.3 is 6.18 Å². The molecular formula is C34H44ClF3N6O3. The number of hydrogen-bond acceptors (Lipinski definition) is 7. The third-order valence-electron chi connectivity index (χ3n) is 10.6. The van der Waals surface area contributed by atoms with E-state index in [1.807, 2.05) is 18.2 Å². The molecule has 256 valence electrons. The zero-order valence-corrected chi connectivity index (χ0v) is 27.6. The third-order valence-corrected chi connectivity index (χ3v) is 10.9. The lowest BCUT2D eigenvalue weighted by Crippen LogP contribution is -2.56. The van der Waals surface area contributed by atoms with Gasteiger partial charge in [-0.2, -0.15) is 13.2 Å². The Balaban J connectivity index is 1.14. The summed E-state index contributed by atoms with van der Waals surface area (Å²) < 4.78 is 47.6. The molecule has 0 saturated carbocycles. The maximum Gasteiger partial charge on any atom is 0.418 e. The predicted octanol–water partition coefficient (Wildman–Crippen LogP) is 4.44. The molecule has 4 aliphatic rings. The maximum atomic E-state index is 14.0. The number of nitrogen functional groups attached to an aromatic ring is 1. The van der Waals surface area contributed by atoms with Crippen molar-refractivity contribution in [3.8, 4) is 0 Å². The summed E-state index contributed by atoms with van der Waals surface area (Å²) in [6, 6.07) is 10.8. The molecule has 0 aromatic heterocycles. The number of hydrogen-bond donors (Lipinski definition) is 2. The Bertz CT molecular complexity index is 1450. The van der Waals surface area contributed by atoms with Gasteiger partial charge in [-0.1, -0.05) is 29.8 Å². The van der Waals surface area contributed by atoms with E-state index in [2.05, 4.69) is 33.1 Å². The fourth-order valence-electron chi connectivity index (χ4n) is 7.73. The zero-order valence-electron chi connectivity index (χ0n) is 26.8. The van der Waals surface area contributed by atoms with Crippen molar-refractivity contribution in [3.05, 3.63) is 58.1 Å². The second-order valence-electron chi connectivity index (χ2n) is 13.6. The molecule has 3 N–H and O–H groups in total. The number of nitrogens with one attached hydrogen (secondary N) is 1. The molecule has 1 spiro atoms. The Morgan fingerprint density at radius 3 is 2.43 bits per heavy atom. The number of piperazine rings is 1. The lowest BCUT2D eigenvalue weighted by atomic mass is 9.68. The molecule has 3 fully saturated rings. The predicted molar refractivity (Wildman–Crippen MR) is 175 cm³/mol. The van der Waals surface area contributed by atoms with E-state index < -0.39 is 23.5 Å². The summed E-state index contributed by atoms with van der Waals surface area (Å²) in [4.78, 5) is 35.2. The van der Waals surface area contributed by atoms with Crippen molar-refractivity contribution in [2.45, 2.75) is 62.3 Å². The first kappa shape index (κ1) is 34.0. The Morgan fingerprint density at radius 2 is 1.74 bits per heavy atom. The van der Waals surface area contributed by atoms with Crippen molar-refractivity contribution < 1.29 is 27.5 Å². The molecule has 0 bridgehead atoms. The van der Waals surface area contributed by atoms with Gasteiger partial charge in [0.05, 0.1) is 16.3 Å². The minimum absolute atomic E-state index is 0.00960. The zero-order chi connectivity index (χ0) is 33.3. The molecule has 3 saturated heterocycles. The molecular weight excluding hydrogens is 633 g/mol. The highest BCUT2D eigenvalue weighted by atomic mass is 35.5. The van der Waals surface area contributed by atoms with Gasteiger partial charge in [-0.25, -0.2) is 0 Å². The van der Waals surface area contributed by atoms with Crippen LogP contribution in [-0.2, 0) is 32.3 Å². The van der Waals surface area contributed by atoms with E-state index in [9.17, 15) is 22.8 Å². The first-order valence-corrected chi connectivity index (χ1v) is 16.9. The van der Waals surface area contributed by atoms with Crippen LogP contribution in [-0.4, -0.2) is 110 Å². The molecule has 13 heteroatoms. The summed E-state index contributed by atoms with van der Waals surface area (Å²) in [6.07, 6.45) is -1.63. The molecule has 9 nitrogen and oxygen atoms in total. The second-order valence-corrected chi connectivity index (χ2v) is 14.0. The van der Waals surface area contributed by atoms with E-state index in [-0.39, 0.29) is 41.0 Å². The number of halogens is 4. The van der Waals surface area contributed by atoms with Crippen LogP contribution < -0.4 is 11.1 Å². The van der Waals surface area contributed by atoms with E-state index in [1.165, 1.54) is 6.07 Å². The van der Waals surface area contributed by atoms with Crippen LogP contribution >= 0.6 is 11.6 Å². The van der Waals surface area contributed by atoms with Crippen molar-refractivity contribution in [3.63, 3.8) is 0 Å². The average Bonchev–Trinajstić information content (AvgIpc) is 3.05. The van der Waals surface area contributed by atoms with Crippen LogP contribution in [0, 0.1) is 0 Å². The van der Waals surface area contributed by atoms with E-state index >= 15 is 0 Å². The molecule has 2 aromatic rings. The van der Waals surface area contributed by atoms with Crippen molar-refractivity contribution >= 4 is 34.8 Å². The number of ether oxygens (including phenoxy) is 1. The standard InChI is InChI=1S/C34H44ClF3N6O3/c1-41-10-6-24(7-11-41)43-14-16-44(17-15-43)32(46)29(20-23-18-26(34(36,37)38)31(39)27(35)19-23)47-22-42-12-8-33(9-13-42)21-30(45)40-28-5-3-2-4-25(28)33/h2-5,18-19,24,29H,6-17,20-22,39H2,1H3,(H,40,45)/t29-/m1/s1. The first-order valence-electron chi connectivity index (χ1n) is 16.5. The summed E-state index contributed by atoms with van der Waals surface area (Å²) in [5.41, 5.74) is 6.12. The second kappa shape index (κ2) is 13.9. The number of para-hydroxylation sites is 1. The van der Waals surface area contributed by atoms with Crippen LogP contribution in [0.2, 0.25) is 5.02 Å². The number of anilines is 2. The largest absolute Gasteiger partial charge is 0.418 e. The highest BCUT2D eigenvalue weighted by Gasteiger charge is 2.43. The van der Waals surface area contributed by atoms with Crippen molar-refractivity contribution in [1.82, 2.24) is 19.6 Å². The summed E-state index contributed by atoms with van der Waals surface area (Å²) in [6.45, 7) is 6.15. The summed E-state index contributed by atoms with van der Waals surface area (Å²) in [5.74, 6) is -0.226. The Hall–Kier alpha value is -2.90. The average molecular weight is 677 g/mol. The van der Waals surface area contributed by atoms with Gasteiger partial charge in [-0.15, -0.1) is 0 Å². The normalized spacial score (nSPS) is 22.2. The monoisotopic (exact) mass is 676 g/mol. The van der Waals surface area contributed by atoms with Gasteiger partial charge in [-0.3, -0.25) is 19.4 Å². The molecule has 0 radical (unpaired) electrons. The van der Waals surface area contributed by atoms with Crippen LogP contribution in [0.1, 0.15) is 48.8 Å². The molecule has 2 aromatic carbocycles. The quantitative estimate of drug-likeness (QED) is 0.419. The number of nitrogens with two attached hydrogens (primary N) is 1. The molecule has 4 aliphatic heterocycles. The van der Waals surface area contributed by atoms with Gasteiger partial charge < -0.3 is 25.6 Å². The summed E-state index contributed by atoms with van der Waals surface area (Å²) in [5, 5.41) is 2.78. The fourth-order valence-corrected chi connectivity index (χ4v) is 7.97. The number of carbonyl (C=O) groups excluding carboxylic acids is 2. The minimum Gasteiger partial charge on any atom is -0.397 e. The Morgan fingerprint density at radius 1 is 1.06 bits per heavy atom. The van der Waals surface area contributed by atoms with Crippen LogP contribution in [0.3, 0.4) is 0 Å². The highest BCUT2D eigenvalue weighted by Crippen LogP contribution is 2.45. The minimum atomic E-state index is -4.69. The van der Waals surface area contributed by atoms with Crippen molar-refractivity contribution in [1.29, 1.82) is 0 Å². The van der Waals surface area contributed by atoms with Gasteiger partial charge in [0, 0.05) is 69.3 Å². The molecule has 0 aliphatic carbocycles. The van der Waals surface area contributed by atoms with Crippen LogP contribution in [0.15, 0.2) is 36.4 Å². The number of carbonyl (C=O) groups is 2. The van der Waals surface area contributed by atoms with Crippen LogP contribution in [0.4, 0.5) is 24.5 Å². The van der Waals surface area contributed by atoms with Crippen LogP contribution in [0.25, 0.3) is 0 Å². The van der Waals surface area contributed by atoms with Crippen molar-refractivity contribution in [2.75, 3.05) is 77.2 Å². The number of piperidine rings is 2. The van der Waals surface area contributed by atoms with Gasteiger partial charge in [0.2, 0.25) is 5.91 Å². The maximum absolute atomic E-state index is 14.0. The molecule has 6 rings (SSSR count). The first-order chi connectivity index (χ1) is 22.4. The number of likely N-dealkylation sites (tertiary alicyclic amines) is 2. The third kappa shape index (κ3) is 7.57. The lowest BCUT2D eigenvalue weighted by Gasteiger charge is -2.45. The highest BCUT2D eigenvalue weighted by molar-refractivity contribution is 6.33. The number of amides is 2. The molecule has 47 heavy (non-hydrogen) atoms. The van der Waals surface area contributed by atoms with Gasteiger partial charge in [-0.05, 0) is 75.1 Å². The number of fused-ring (bicyclic) bond motifs is 2. The summed E-state index contributed by atoms with van der Waals surface area (Å²) >= 11 is 6.15. The SMILES string of the molecule is CN1CCC(N2CCN(C(=O)[C@@H](Cc3cc(Cl)c(N)c(C(F)(F)F)c3)OCN3CCC4(CC3)CC(=O)Nc3ccccc34)CC2)CC1. The van der Waals surface area contributed by atoms with E-state index in [0.29, 0.717) is 38.6 Å². The smallest absolute Gasteiger partial charge is 0.397 e. The topological polar surface area (TPSA) is 94.4 Å². The Kier molecular flexibility index (Phi) is 10.1. The van der Waals surface area contributed by atoms with E-state index in [1.54, 1.807) is 4.90 Å². The molecule has 0 unspecified atom stereocenters. The van der Waals surface area contributed by atoms with Crippen molar-refractivity contribution in [2.24, 2.45) is 0 Å². The number of rotatable bonds is 7. The Labute approximate surface area is 279 Å². The molecule has 2 amide bonds. The molecule has 1 atom stereocenters. The molecule has 4 heterocycles. The van der Waals surface area contributed by atoms with E-state index in [4.69, 9.17) is 22.1 Å². The lowest BCUT2D eigenvalue weighted by molar-refractivity contribution is -0.150. The van der Waals surface area contributed by atoms with Crippen LogP contribution in [0.5, 0.6) is 0 Å². The van der Waals surface area contributed by atoms with Gasteiger partial charge in [0.15, 0.2) is 0 Å².